The van der Waals surface area contributed by atoms with E-state index in [1.807, 2.05) is 18.2 Å². The molecule has 0 radical (unpaired) electrons. The lowest BCUT2D eigenvalue weighted by atomic mass is 9.98. The van der Waals surface area contributed by atoms with Gasteiger partial charge in [-0.05, 0) is 41.5 Å². The Hall–Kier alpha value is -2.58. The molecular weight excluding hydrogens is 383 g/mol. The van der Waals surface area contributed by atoms with Crippen LogP contribution in [0.4, 0.5) is 0 Å². The Kier molecular flexibility index (Phi) is 5.98. The van der Waals surface area contributed by atoms with Gasteiger partial charge in [0.1, 0.15) is 11.6 Å². The van der Waals surface area contributed by atoms with Crippen LogP contribution in [-0.2, 0) is 11.3 Å². The summed E-state index contributed by atoms with van der Waals surface area (Å²) in [6.07, 6.45) is 0. The molecule has 0 atom stereocenters. The number of rotatable bonds is 5. The van der Waals surface area contributed by atoms with Crippen LogP contribution >= 0.6 is 23.2 Å². The lowest BCUT2D eigenvalue weighted by Crippen LogP contribution is -2.26. The minimum Gasteiger partial charge on any atom is -0.383 e. The minimum absolute atomic E-state index is 0.0890. The number of nitrogens with zero attached hydrogens (tertiary/aromatic N) is 2. The first kappa shape index (κ1) is 19.2. The van der Waals surface area contributed by atoms with Crippen molar-refractivity contribution in [1.29, 1.82) is 5.26 Å². The van der Waals surface area contributed by atoms with Crippen LogP contribution < -0.4 is 5.56 Å². The maximum atomic E-state index is 13.1. The lowest BCUT2D eigenvalue weighted by molar-refractivity contribution is 0.186. The Balaban J connectivity index is 2.29. The van der Waals surface area contributed by atoms with Crippen LogP contribution in [0.15, 0.2) is 59.4 Å². The van der Waals surface area contributed by atoms with Gasteiger partial charge < -0.3 is 9.30 Å². The highest BCUT2D eigenvalue weighted by Crippen LogP contribution is 2.29. The first-order chi connectivity index (χ1) is 13.0. The molecule has 1 heterocycles. The van der Waals surface area contributed by atoms with Crippen LogP contribution in [0, 0.1) is 11.3 Å². The zero-order valence-corrected chi connectivity index (χ0v) is 16.1. The molecule has 27 heavy (non-hydrogen) atoms. The molecule has 0 aliphatic heterocycles. The van der Waals surface area contributed by atoms with Gasteiger partial charge in [0.15, 0.2) is 0 Å². The number of methoxy groups -OCH3 is 1. The van der Waals surface area contributed by atoms with Crippen LogP contribution in [-0.4, -0.2) is 18.3 Å². The SMILES string of the molecule is COCCn1c(-c2ccc(Cl)cc2)cc(-c2ccc(Cl)cc2)c(C#N)c1=O. The molecule has 0 saturated carbocycles. The number of aromatic nitrogens is 1. The molecular formula is C21H16Cl2N2O2. The molecule has 0 amide bonds. The number of nitriles is 1. The van der Waals surface area contributed by atoms with E-state index in [9.17, 15) is 10.1 Å². The molecule has 0 saturated heterocycles. The highest BCUT2D eigenvalue weighted by Gasteiger charge is 2.17. The van der Waals surface area contributed by atoms with E-state index in [2.05, 4.69) is 6.07 Å². The van der Waals surface area contributed by atoms with E-state index in [-0.39, 0.29) is 11.1 Å². The van der Waals surface area contributed by atoms with Crippen LogP contribution in [0.2, 0.25) is 10.0 Å². The fourth-order valence-corrected chi connectivity index (χ4v) is 3.13. The van der Waals surface area contributed by atoms with Gasteiger partial charge in [0, 0.05) is 29.3 Å². The van der Waals surface area contributed by atoms with Gasteiger partial charge in [-0.25, -0.2) is 0 Å². The van der Waals surface area contributed by atoms with Crippen molar-refractivity contribution in [3.05, 3.63) is 80.6 Å². The van der Waals surface area contributed by atoms with Crippen molar-refractivity contribution in [3.63, 3.8) is 0 Å². The summed E-state index contributed by atoms with van der Waals surface area (Å²) >= 11 is 12.0. The van der Waals surface area contributed by atoms with Gasteiger partial charge in [-0.2, -0.15) is 5.26 Å². The quantitative estimate of drug-likeness (QED) is 0.606. The average molecular weight is 399 g/mol. The van der Waals surface area contributed by atoms with Crippen molar-refractivity contribution in [3.8, 4) is 28.5 Å². The zero-order valence-electron chi connectivity index (χ0n) is 14.6. The number of halogens is 2. The normalized spacial score (nSPS) is 10.6. The Morgan fingerprint density at radius 2 is 1.56 bits per heavy atom. The Bertz CT molecular complexity index is 1050. The topological polar surface area (TPSA) is 55.0 Å². The zero-order chi connectivity index (χ0) is 19.4. The highest BCUT2D eigenvalue weighted by molar-refractivity contribution is 6.30. The molecule has 3 rings (SSSR count). The summed E-state index contributed by atoms with van der Waals surface area (Å²) in [7, 11) is 1.57. The van der Waals surface area contributed by atoms with E-state index in [0.717, 1.165) is 11.1 Å². The van der Waals surface area contributed by atoms with Gasteiger partial charge in [-0.15, -0.1) is 0 Å². The van der Waals surface area contributed by atoms with Gasteiger partial charge in [0.2, 0.25) is 0 Å². The fraction of sp³-hybridized carbons (Fsp3) is 0.143. The summed E-state index contributed by atoms with van der Waals surface area (Å²) in [5.41, 5.74) is 2.57. The number of benzene rings is 2. The smallest absolute Gasteiger partial charge is 0.269 e. The van der Waals surface area contributed by atoms with Crippen molar-refractivity contribution < 1.29 is 4.74 Å². The Morgan fingerprint density at radius 1 is 1.00 bits per heavy atom. The predicted molar refractivity (Wildman–Crippen MR) is 108 cm³/mol. The van der Waals surface area contributed by atoms with Crippen molar-refractivity contribution in [2.45, 2.75) is 6.54 Å². The van der Waals surface area contributed by atoms with Gasteiger partial charge >= 0.3 is 0 Å². The van der Waals surface area contributed by atoms with E-state index in [0.29, 0.717) is 34.5 Å². The standard InChI is InChI=1S/C21H16Cl2N2O2/c1-27-11-10-25-20(15-4-8-17(23)9-5-15)12-18(19(13-24)21(25)26)14-2-6-16(22)7-3-14/h2-9,12H,10-11H2,1H3. The molecule has 6 heteroatoms. The molecule has 4 nitrogen and oxygen atoms in total. The molecule has 0 aliphatic carbocycles. The van der Waals surface area contributed by atoms with Gasteiger partial charge in [-0.3, -0.25) is 4.79 Å². The molecule has 136 valence electrons. The van der Waals surface area contributed by atoms with Crippen molar-refractivity contribution >= 4 is 23.2 Å². The van der Waals surface area contributed by atoms with E-state index in [1.165, 1.54) is 0 Å². The molecule has 0 spiro atoms. The second kappa shape index (κ2) is 8.41. The Labute approximate surface area is 167 Å². The molecule has 3 aromatic rings. The maximum Gasteiger partial charge on any atom is 0.269 e. The maximum absolute atomic E-state index is 13.1. The van der Waals surface area contributed by atoms with Gasteiger partial charge in [-0.1, -0.05) is 47.5 Å². The Morgan fingerprint density at radius 3 is 2.07 bits per heavy atom. The molecule has 0 N–H and O–H groups in total. The highest BCUT2D eigenvalue weighted by atomic mass is 35.5. The third-order valence-electron chi connectivity index (χ3n) is 4.23. The summed E-state index contributed by atoms with van der Waals surface area (Å²) in [4.78, 5) is 13.1. The predicted octanol–water partition coefficient (Wildman–Crippen LogP) is 5.01. The number of hydrogen-bond acceptors (Lipinski definition) is 3. The second-order valence-corrected chi connectivity index (χ2v) is 6.77. The molecule has 1 aromatic heterocycles. The van der Waals surface area contributed by atoms with E-state index in [4.69, 9.17) is 27.9 Å². The number of hydrogen-bond donors (Lipinski definition) is 0. The summed E-state index contributed by atoms with van der Waals surface area (Å²) in [5.74, 6) is 0. The number of pyridine rings is 1. The third-order valence-corrected chi connectivity index (χ3v) is 4.73. The minimum atomic E-state index is -0.355. The molecule has 0 bridgehead atoms. The molecule has 0 aliphatic rings. The lowest BCUT2D eigenvalue weighted by Gasteiger charge is -2.16. The molecule has 2 aromatic carbocycles. The summed E-state index contributed by atoms with van der Waals surface area (Å²) < 4.78 is 6.69. The molecule has 0 unspecified atom stereocenters. The second-order valence-electron chi connectivity index (χ2n) is 5.89. The van der Waals surface area contributed by atoms with E-state index < -0.39 is 0 Å². The van der Waals surface area contributed by atoms with Crippen LogP contribution in [0.3, 0.4) is 0 Å². The molecule has 0 fully saturated rings. The van der Waals surface area contributed by atoms with Crippen molar-refractivity contribution in [1.82, 2.24) is 4.57 Å². The van der Waals surface area contributed by atoms with Crippen molar-refractivity contribution in [2.75, 3.05) is 13.7 Å². The van der Waals surface area contributed by atoms with E-state index >= 15 is 0 Å². The largest absolute Gasteiger partial charge is 0.383 e. The third kappa shape index (κ3) is 4.06. The van der Waals surface area contributed by atoms with Crippen molar-refractivity contribution in [2.24, 2.45) is 0 Å². The van der Waals surface area contributed by atoms with Crippen LogP contribution in [0.1, 0.15) is 5.56 Å². The number of ether oxygens (including phenoxy) is 1. The fourth-order valence-electron chi connectivity index (χ4n) is 2.88. The summed E-state index contributed by atoms with van der Waals surface area (Å²) in [6.45, 7) is 0.689. The monoisotopic (exact) mass is 398 g/mol. The van der Waals surface area contributed by atoms with E-state index in [1.54, 1.807) is 48.1 Å². The average Bonchev–Trinajstić information content (AvgIpc) is 2.68. The first-order valence-electron chi connectivity index (χ1n) is 8.24. The van der Waals surface area contributed by atoms with Crippen LogP contribution in [0.5, 0.6) is 0 Å². The summed E-state index contributed by atoms with van der Waals surface area (Å²) in [5, 5.41) is 10.8. The first-order valence-corrected chi connectivity index (χ1v) is 8.99. The van der Waals surface area contributed by atoms with Crippen LogP contribution in [0.25, 0.3) is 22.4 Å². The van der Waals surface area contributed by atoms with Gasteiger partial charge in [0.05, 0.1) is 12.3 Å². The summed E-state index contributed by atoms with van der Waals surface area (Å²) in [6, 6.07) is 18.2. The van der Waals surface area contributed by atoms with Gasteiger partial charge in [0.25, 0.3) is 5.56 Å².